The first-order chi connectivity index (χ1) is 5.84. The van der Waals surface area contributed by atoms with Crippen LogP contribution >= 0.6 is 0 Å². The minimum absolute atomic E-state index is 0.375. The molecule has 70 valence electrons. The molecule has 12 heavy (non-hydrogen) atoms. The van der Waals surface area contributed by atoms with Gasteiger partial charge in [0.2, 0.25) is 0 Å². The van der Waals surface area contributed by atoms with Crippen molar-refractivity contribution in [3.05, 3.63) is 11.6 Å². The molecule has 0 fully saturated rings. The molecule has 1 rings (SSSR count). The molecule has 0 saturated heterocycles. The van der Waals surface area contributed by atoms with Crippen molar-refractivity contribution in [1.82, 2.24) is 0 Å². The molecule has 0 atom stereocenters. The molecule has 0 aliphatic heterocycles. The maximum Gasteiger partial charge on any atom is 0.158 e. The van der Waals surface area contributed by atoms with Gasteiger partial charge >= 0.3 is 0 Å². The van der Waals surface area contributed by atoms with E-state index in [1.165, 1.54) is 6.42 Å². The van der Waals surface area contributed by atoms with Gasteiger partial charge in [0.1, 0.15) is 0 Å². The zero-order chi connectivity index (χ0) is 9.40. The molecule has 1 heteroatoms. The molecule has 0 unspecified atom stereocenters. The number of carbonyl (C=O) groups is 1. The van der Waals surface area contributed by atoms with E-state index in [2.05, 4.69) is 6.08 Å². The number of allylic oxidation sites excluding steroid dienone is 2. The average molecular weight is 168 g/mol. The number of hydrogen-bond donors (Lipinski definition) is 0. The minimum Gasteiger partial charge on any atom is -0.295 e. The lowest BCUT2D eigenvalue weighted by Crippen LogP contribution is -1.98. The van der Waals surface area contributed by atoms with Crippen molar-refractivity contribution in [3.8, 4) is 0 Å². The highest BCUT2D eigenvalue weighted by Gasteiger charge is 2.11. The molecule has 0 aromatic rings. The van der Waals surface area contributed by atoms with E-state index in [9.17, 15) is 4.79 Å². The van der Waals surface area contributed by atoms with Crippen LogP contribution in [0.15, 0.2) is 11.6 Å². The quantitative estimate of drug-likeness (QED) is 0.630. The standard InChI is InChI=1S/C9H14O.C2H6/c1-2-5-9(10)8-6-3-4-7-8;1-2/h6H,2-5,7H2,1H3;1-2H3. The molecule has 1 aliphatic rings. The Kier molecular flexibility index (Phi) is 6.73. The van der Waals surface area contributed by atoms with Gasteiger partial charge in [-0.2, -0.15) is 0 Å². The summed E-state index contributed by atoms with van der Waals surface area (Å²) in [5, 5.41) is 0. The summed E-state index contributed by atoms with van der Waals surface area (Å²) in [5.74, 6) is 0.375. The first-order valence-electron chi connectivity index (χ1n) is 5.07. The van der Waals surface area contributed by atoms with Crippen LogP contribution in [0.1, 0.15) is 52.9 Å². The Bertz CT molecular complexity index is 156. The first kappa shape index (κ1) is 11.4. The van der Waals surface area contributed by atoms with E-state index in [4.69, 9.17) is 0 Å². The Morgan fingerprint density at radius 3 is 2.58 bits per heavy atom. The topological polar surface area (TPSA) is 17.1 Å². The Morgan fingerprint density at radius 1 is 1.50 bits per heavy atom. The van der Waals surface area contributed by atoms with Crippen LogP contribution in [-0.2, 0) is 4.79 Å². The molecule has 0 heterocycles. The number of rotatable bonds is 3. The third-order valence-corrected chi connectivity index (χ3v) is 1.88. The molecule has 0 amide bonds. The summed E-state index contributed by atoms with van der Waals surface area (Å²) < 4.78 is 0. The summed E-state index contributed by atoms with van der Waals surface area (Å²) in [6.45, 7) is 6.05. The Hall–Kier alpha value is -0.590. The zero-order valence-electron chi connectivity index (χ0n) is 8.52. The molecular weight excluding hydrogens is 148 g/mol. The zero-order valence-corrected chi connectivity index (χ0v) is 8.52. The van der Waals surface area contributed by atoms with Crippen LogP contribution in [0, 0.1) is 0 Å². The number of ketones is 1. The van der Waals surface area contributed by atoms with Crippen molar-refractivity contribution in [2.24, 2.45) is 0 Å². The van der Waals surface area contributed by atoms with Gasteiger partial charge in [0.05, 0.1) is 0 Å². The van der Waals surface area contributed by atoms with Crippen molar-refractivity contribution in [3.63, 3.8) is 0 Å². The largest absolute Gasteiger partial charge is 0.295 e. The van der Waals surface area contributed by atoms with E-state index in [1.54, 1.807) is 0 Å². The number of hydrogen-bond acceptors (Lipinski definition) is 1. The Morgan fingerprint density at radius 2 is 2.17 bits per heavy atom. The van der Waals surface area contributed by atoms with Gasteiger partial charge in [0, 0.05) is 6.42 Å². The van der Waals surface area contributed by atoms with Gasteiger partial charge in [-0.3, -0.25) is 4.79 Å². The van der Waals surface area contributed by atoms with Crippen LogP contribution in [0.2, 0.25) is 0 Å². The lowest BCUT2D eigenvalue weighted by molar-refractivity contribution is -0.115. The van der Waals surface area contributed by atoms with Crippen LogP contribution in [0.5, 0.6) is 0 Å². The van der Waals surface area contributed by atoms with E-state index in [-0.39, 0.29) is 0 Å². The summed E-state index contributed by atoms with van der Waals surface area (Å²) in [6.07, 6.45) is 7.15. The van der Waals surface area contributed by atoms with E-state index in [0.29, 0.717) is 5.78 Å². The van der Waals surface area contributed by atoms with Gasteiger partial charge in [-0.05, 0) is 31.3 Å². The highest BCUT2D eigenvalue weighted by molar-refractivity contribution is 5.95. The Labute approximate surface area is 75.9 Å². The lowest BCUT2D eigenvalue weighted by atomic mass is 10.1. The fraction of sp³-hybridized carbons (Fsp3) is 0.727. The molecule has 1 nitrogen and oxygen atoms in total. The molecule has 0 N–H and O–H groups in total. The fourth-order valence-corrected chi connectivity index (χ4v) is 1.31. The molecule has 0 bridgehead atoms. The van der Waals surface area contributed by atoms with Crippen molar-refractivity contribution >= 4 is 5.78 Å². The summed E-state index contributed by atoms with van der Waals surface area (Å²) in [4.78, 5) is 11.2. The maximum absolute atomic E-state index is 11.2. The van der Waals surface area contributed by atoms with Gasteiger partial charge in [-0.15, -0.1) is 0 Å². The van der Waals surface area contributed by atoms with Crippen LogP contribution in [-0.4, -0.2) is 5.78 Å². The van der Waals surface area contributed by atoms with Crippen LogP contribution in [0.3, 0.4) is 0 Å². The molecule has 0 aromatic carbocycles. The van der Waals surface area contributed by atoms with Crippen molar-refractivity contribution in [2.45, 2.75) is 52.9 Å². The molecule has 0 saturated carbocycles. The van der Waals surface area contributed by atoms with E-state index in [1.807, 2.05) is 20.8 Å². The number of Topliss-reactive ketones (excluding diaryl/α,β-unsaturated/α-hetero) is 1. The second-order valence-electron chi connectivity index (χ2n) is 2.79. The monoisotopic (exact) mass is 168 g/mol. The lowest BCUT2D eigenvalue weighted by Gasteiger charge is -1.96. The highest BCUT2D eigenvalue weighted by atomic mass is 16.1. The van der Waals surface area contributed by atoms with Gasteiger partial charge in [-0.1, -0.05) is 26.8 Å². The molecule has 0 aromatic heterocycles. The van der Waals surface area contributed by atoms with Gasteiger partial charge < -0.3 is 0 Å². The van der Waals surface area contributed by atoms with E-state index < -0.39 is 0 Å². The SMILES string of the molecule is CC.CCCC(=O)C1=CCCC1. The van der Waals surface area contributed by atoms with Crippen LogP contribution in [0.25, 0.3) is 0 Å². The summed E-state index contributed by atoms with van der Waals surface area (Å²) >= 11 is 0. The van der Waals surface area contributed by atoms with Gasteiger partial charge in [0.15, 0.2) is 5.78 Å². The van der Waals surface area contributed by atoms with Crippen LogP contribution in [0.4, 0.5) is 0 Å². The van der Waals surface area contributed by atoms with Crippen molar-refractivity contribution in [1.29, 1.82) is 0 Å². The molecule has 0 radical (unpaired) electrons. The highest BCUT2D eigenvalue weighted by Crippen LogP contribution is 2.19. The summed E-state index contributed by atoms with van der Waals surface area (Å²) in [7, 11) is 0. The van der Waals surface area contributed by atoms with Gasteiger partial charge in [0.25, 0.3) is 0 Å². The van der Waals surface area contributed by atoms with E-state index >= 15 is 0 Å². The summed E-state index contributed by atoms with van der Waals surface area (Å²) in [5.41, 5.74) is 1.09. The molecule has 1 aliphatic carbocycles. The maximum atomic E-state index is 11.2. The number of carbonyl (C=O) groups excluding carboxylic acids is 1. The fourth-order valence-electron chi connectivity index (χ4n) is 1.31. The first-order valence-corrected chi connectivity index (χ1v) is 5.07. The van der Waals surface area contributed by atoms with Crippen LogP contribution < -0.4 is 0 Å². The van der Waals surface area contributed by atoms with Gasteiger partial charge in [-0.25, -0.2) is 0 Å². The van der Waals surface area contributed by atoms with Crippen molar-refractivity contribution < 1.29 is 4.79 Å². The second kappa shape index (κ2) is 7.08. The Balaban J connectivity index is 0.000000561. The third-order valence-electron chi connectivity index (χ3n) is 1.88. The normalized spacial score (nSPS) is 14.8. The van der Waals surface area contributed by atoms with E-state index in [0.717, 1.165) is 31.3 Å². The summed E-state index contributed by atoms with van der Waals surface area (Å²) in [6, 6.07) is 0. The average Bonchev–Trinajstić information content (AvgIpc) is 2.60. The predicted molar refractivity (Wildman–Crippen MR) is 53.2 cm³/mol. The minimum atomic E-state index is 0.375. The molecule has 0 spiro atoms. The molecular formula is C11H20O. The smallest absolute Gasteiger partial charge is 0.158 e. The van der Waals surface area contributed by atoms with Crippen molar-refractivity contribution in [2.75, 3.05) is 0 Å². The third kappa shape index (κ3) is 3.70. The predicted octanol–water partition coefficient (Wildman–Crippen LogP) is 3.49. The second-order valence-corrected chi connectivity index (χ2v) is 2.79.